The van der Waals surface area contributed by atoms with Gasteiger partial charge in [0.1, 0.15) is 0 Å². The highest BCUT2D eigenvalue weighted by Crippen LogP contribution is 2.22. The average Bonchev–Trinajstić information content (AvgIpc) is 3.04. The monoisotopic (exact) mass is 416 g/mol. The highest BCUT2D eigenvalue weighted by Gasteiger charge is 2.19. The zero-order valence-corrected chi connectivity index (χ0v) is 17.3. The summed E-state index contributed by atoms with van der Waals surface area (Å²) < 4.78 is 3.19. The number of non-ortho nitro benzene ring substituents is 1. The summed E-state index contributed by atoms with van der Waals surface area (Å²) >= 11 is 0. The maximum atomic E-state index is 13.1. The second kappa shape index (κ2) is 7.64. The van der Waals surface area contributed by atoms with Crippen LogP contribution in [0, 0.1) is 30.9 Å². The third kappa shape index (κ3) is 3.63. The van der Waals surface area contributed by atoms with Gasteiger partial charge in [0.15, 0.2) is 5.78 Å². The molecule has 2 heterocycles. The molecule has 31 heavy (non-hydrogen) atoms. The van der Waals surface area contributed by atoms with Gasteiger partial charge in [0, 0.05) is 34.8 Å². The van der Waals surface area contributed by atoms with E-state index in [1.807, 2.05) is 55.7 Å². The summed E-state index contributed by atoms with van der Waals surface area (Å²) in [6.45, 7) is 5.60. The molecule has 4 rings (SSSR count). The van der Waals surface area contributed by atoms with Gasteiger partial charge in [-0.05, 0) is 50.6 Å². The molecule has 0 atom stereocenters. The zero-order valence-electron chi connectivity index (χ0n) is 17.3. The summed E-state index contributed by atoms with van der Waals surface area (Å²) in [5.41, 5.74) is 3.94. The van der Waals surface area contributed by atoms with Gasteiger partial charge in [0.05, 0.1) is 28.7 Å². The van der Waals surface area contributed by atoms with Gasteiger partial charge in [-0.3, -0.25) is 24.3 Å². The Morgan fingerprint density at radius 3 is 2.58 bits per heavy atom. The largest absolute Gasteiger partial charge is 0.318 e. The molecule has 0 fully saturated rings. The summed E-state index contributed by atoms with van der Waals surface area (Å²) in [6.07, 6.45) is 1.30. The molecular formula is C23H20N4O4. The fourth-order valence-electron chi connectivity index (χ4n) is 3.82. The molecular weight excluding hydrogens is 396 g/mol. The Hall–Kier alpha value is -4.07. The van der Waals surface area contributed by atoms with Crippen LogP contribution in [0.1, 0.15) is 27.3 Å². The van der Waals surface area contributed by atoms with E-state index in [2.05, 4.69) is 4.98 Å². The maximum Gasteiger partial charge on any atom is 0.270 e. The van der Waals surface area contributed by atoms with E-state index in [9.17, 15) is 19.7 Å². The van der Waals surface area contributed by atoms with E-state index in [0.717, 1.165) is 22.6 Å². The SMILES string of the molecule is Cc1cccc(-n2c(C)cc(C(=O)Cn3cnc4ccc([N+](=O)[O-])cc4c3=O)c2C)c1. The van der Waals surface area contributed by atoms with Crippen LogP contribution in [-0.4, -0.2) is 24.8 Å². The molecule has 0 N–H and O–H groups in total. The molecule has 0 radical (unpaired) electrons. The second-order valence-electron chi connectivity index (χ2n) is 7.52. The molecule has 0 aliphatic carbocycles. The van der Waals surface area contributed by atoms with Crippen molar-refractivity contribution in [1.82, 2.24) is 14.1 Å². The Morgan fingerprint density at radius 2 is 1.87 bits per heavy atom. The van der Waals surface area contributed by atoms with Gasteiger partial charge < -0.3 is 4.57 Å². The van der Waals surface area contributed by atoms with Crippen LogP contribution in [0.25, 0.3) is 16.6 Å². The van der Waals surface area contributed by atoms with Crippen LogP contribution in [0.4, 0.5) is 5.69 Å². The lowest BCUT2D eigenvalue weighted by Crippen LogP contribution is -2.25. The van der Waals surface area contributed by atoms with Gasteiger partial charge in [-0.15, -0.1) is 0 Å². The third-order valence-corrected chi connectivity index (χ3v) is 5.32. The van der Waals surface area contributed by atoms with Crippen molar-refractivity contribution in [2.24, 2.45) is 0 Å². The molecule has 0 aliphatic rings. The zero-order chi connectivity index (χ0) is 22.3. The number of nitro benzene ring substituents is 1. The van der Waals surface area contributed by atoms with Gasteiger partial charge in [0.25, 0.3) is 11.2 Å². The molecule has 0 saturated heterocycles. The molecule has 0 aliphatic heterocycles. The number of aryl methyl sites for hydroxylation is 2. The molecule has 0 bridgehead atoms. The number of hydrogen-bond acceptors (Lipinski definition) is 5. The van der Waals surface area contributed by atoms with Gasteiger partial charge in [-0.2, -0.15) is 0 Å². The standard InChI is InChI=1S/C23H20N4O4/c1-14-5-4-6-17(9-14)26-15(2)10-19(16(26)3)22(28)12-25-13-24-21-8-7-18(27(30)31)11-20(21)23(25)29/h4-11,13H,12H2,1-3H3. The van der Waals surface area contributed by atoms with E-state index in [1.54, 1.807) is 0 Å². The minimum atomic E-state index is -0.568. The van der Waals surface area contributed by atoms with Crippen molar-refractivity contribution < 1.29 is 9.72 Å². The highest BCUT2D eigenvalue weighted by atomic mass is 16.6. The molecule has 8 heteroatoms. The van der Waals surface area contributed by atoms with E-state index in [1.165, 1.54) is 29.1 Å². The lowest BCUT2D eigenvalue weighted by Gasteiger charge is -2.11. The van der Waals surface area contributed by atoms with E-state index in [0.29, 0.717) is 11.1 Å². The molecule has 0 saturated carbocycles. The van der Waals surface area contributed by atoms with Gasteiger partial charge in [0.2, 0.25) is 0 Å². The van der Waals surface area contributed by atoms with Crippen molar-refractivity contribution in [3.63, 3.8) is 0 Å². The van der Waals surface area contributed by atoms with Crippen molar-refractivity contribution in [3.8, 4) is 5.69 Å². The number of Topliss-reactive ketones (excluding diaryl/α,β-unsaturated/α-hetero) is 1. The molecule has 4 aromatic rings. The fraction of sp³-hybridized carbons (Fsp3) is 0.174. The Morgan fingerprint density at radius 1 is 1.10 bits per heavy atom. The van der Waals surface area contributed by atoms with Crippen LogP contribution in [0.2, 0.25) is 0 Å². The molecule has 0 unspecified atom stereocenters. The number of benzene rings is 2. The molecule has 156 valence electrons. The maximum absolute atomic E-state index is 13.1. The van der Waals surface area contributed by atoms with Crippen LogP contribution in [0.5, 0.6) is 0 Å². The van der Waals surface area contributed by atoms with Crippen LogP contribution in [0.3, 0.4) is 0 Å². The first-order valence-corrected chi connectivity index (χ1v) is 9.69. The predicted octanol–water partition coefficient (Wildman–Crippen LogP) is 3.90. The molecule has 0 spiro atoms. The summed E-state index contributed by atoms with van der Waals surface area (Å²) in [5, 5.41) is 11.1. The number of carbonyl (C=O) groups is 1. The van der Waals surface area contributed by atoms with E-state index in [-0.39, 0.29) is 23.4 Å². The number of ketones is 1. The average molecular weight is 416 g/mol. The molecule has 0 amide bonds. The molecule has 8 nitrogen and oxygen atoms in total. The van der Waals surface area contributed by atoms with Gasteiger partial charge in [-0.25, -0.2) is 4.98 Å². The van der Waals surface area contributed by atoms with E-state index < -0.39 is 10.5 Å². The van der Waals surface area contributed by atoms with Crippen LogP contribution in [-0.2, 0) is 6.54 Å². The first kappa shape index (κ1) is 20.2. The van der Waals surface area contributed by atoms with Gasteiger partial charge in [-0.1, -0.05) is 12.1 Å². The summed E-state index contributed by atoms with van der Waals surface area (Å²) in [6, 6.07) is 13.7. The first-order chi connectivity index (χ1) is 14.8. The number of carbonyl (C=O) groups excluding carboxylic acids is 1. The predicted molar refractivity (Wildman–Crippen MR) is 117 cm³/mol. The summed E-state index contributed by atoms with van der Waals surface area (Å²) in [5.74, 6) is -0.235. The van der Waals surface area contributed by atoms with Crippen molar-refractivity contribution >= 4 is 22.4 Å². The second-order valence-corrected chi connectivity index (χ2v) is 7.52. The minimum Gasteiger partial charge on any atom is -0.318 e. The van der Waals surface area contributed by atoms with Gasteiger partial charge >= 0.3 is 0 Å². The van der Waals surface area contributed by atoms with Crippen molar-refractivity contribution in [3.05, 3.63) is 97.8 Å². The Labute approximate surface area is 177 Å². The number of fused-ring (bicyclic) bond motifs is 1. The van der Waals surface area contributed by atoms with E-state index in [4.69, 9.17) is 0 Å². The van der Waals surface area contributed by atoms with Crippen LogP contribution in [0.15, 0.2) is 59.7 Å². The smallest absolute Gasteiger partial charge is 0.270 e. The minimum absolute atomic E-state index is 0.106. The lowest BCUT2D eigenvalue weighted by molar-refractivity contribution is -0.384. The summed E-state index contributed by atoms with van der Waals surface area (Å²) in [7, 11) is 0. The number of nitrogens with zero attached hydrogens (tertiary/aromatic N) is 4. The molecule has 2 aromatic carbocycles. The lowest BCUT2D eigenvalue weighted by atomic mass is 10.1. The number of hydrogen-bond donors (Lipinski definition) is 0. The number of aromatic nitrogens is 3. The Balaban J connectivity index is 1.71. The topological polar surface area (TPSA) is 100 Å². The normalized spacial score (nSPS) is 11.1. The van der Waals surface area contributed by atoms with Crippen LogP contribution < -0.4 is 5.56 Å². The third-order valence-electron chi connectivity index (χ3n) is 5.32. The molecule has 2 aromatic heterocycles. The number of nitro groups is 1. The fourth-order valence-corrected chi connectivity index (χ4v) is 3.82. The van der Waals surface area contributed by atoms with Crippen molar-refractivity contribution in [1.29, 1.82) is 0 Å². The Kier molecular flexibility index (Phi) is 4.98. The summed E-state index contributed by atoms with van der Waals surface area (Å²) in [4.78, 5) is 40.5. The first-order valence-electron chi connectivity index (χ1n) is 9.69. The van der Waals surface area contributed by atoms with Crippen LogP contribution >= 0.6 is 0 Å². The Bertz CT molecular complexity index is 1420. The quantitative estimate of drug-likeness (QED) is 0.279. The highest BCUT2D eigenvalue weighted by molar-refractivity contribution is 5.97. The van der Waals surface area contributed by atoms with Crippen molar-refractivity contribution in [2.75, 3.05) is 0 Å². The van der Waals surface area contributed by atoms with Crippen molar-refractivity contribution in [2.45, 2.75) is 27.3 Å². The van der Waals surface area contributed by atoms with E-state index >= 15 is 0 Å². The number of rotatable bonds is 5.